The first kappa shape index (κ1) is 22.8. The number of carbonyl (C=O) groups excluding carboxylic acids is 3. The van der Waals surface area contributed by atoms with Crippen LogP contribution in [-0.4, -0.2) is 53.3 Å². The summed E-state index contributed by atoms with van der Waals surface area (Å²) in [6, 6.07) is 8.22. The highest BCUT2D eigenvalue weighted by atomic mass is 16.2. The number of benzene rings is 1. The quantitative estimate of drug-likeness (QED) is 0.670. The van der Waals surface area contributed by atoms with Crippen molar-refractivity contribution in [3.05, 3.63) is 47.2 Å². The third-order valence-corrected chi connectivity index (χ3v) is 5.76. The Morgan fingerprint density at radius 3 is 2.39 bits per heavy atom. The van der Waals surface area contributed by atoms with E-state index in [2.05, 4.69) is 10.6 Å². The number of likely N-dealkylation sites (N-methyl/N-ethyl adjacent to an activating group) is 1. The normalized spacial score (nSPS) is 19.8. The number of nitrogens with one attached hydrogen (secondary N) is 2. The summed E-state index contributed by atoms with van der Waals surface area (Å²) in [7, 11) is 0. The Morgan fingerprint density at radius 1 is 1.13 bits per heavy atom. The number of carbonyl (C=O) groups is 3. The maximum absolute atomic E-state index is 13.7. The van der Waals surface area contributed by atoms with Crippen LogP contribution in [0.4, 0.5) is 4.79 Å². The maximum atomic E-state index is 13.7. The van der Waals surface area contributed by atoms with Gasteiger partial charge in [0, 0.05) is 13.1 Å². The molecule has 2 unspecified atom stereocenters. The third-order valence-electron chi connectivity index (χ3n) is 5.76. The van der Waals surface area contributed by atoms with Crippen LogP contribution in [0.1, 0.15) is 52.6 Å². The van der Waals surface area contributed by atoms with E-state index < -0.39 is 12.1 Å². The van der Waals surface area contributed by atoms with E-state index in [0.29, 0.717) is 36.7 Å². The van der Waals surface area contributed by atoms with Crippen LogP contribution in [0.15, 0.2) is 41.6 Å². The molecule has 2 aliphatic rings. The second kappa shape index (κ2) is 9.54. The molecule has 0 radical (unpaired) electrons. The van der Waals surface area contributed by atoms with E-state index in [4.69, 9.17) is 0 Å². The predicted molar refractivity (Wildman–Crippen MR) is 120 cm³/mol. The summed E-state index contributed by atoms with van der Waals surface area (Å²) in [5, 5.41) is 5.98. The Kier molecular flexibility index (Phi) is 7.03. The van der Waals surface area contributed by atoms with Crippen LogP contribution in [0.3, 0.4) is 0 Å². The number of amides is 4. The van der Waals surface area contributed by atoms with Gasteiger partial charge in [-0.2, -0.15) is 0 Å². The average molecular weight is 427 g/mol. The molecule has 7 heteroatoms. The van der Waals surface area contributed by atoms with Crippen LogP contribution >= 0.6 is 0 Å². The first-order valence-corrected chi connectivity index (χ1v) is 11.2. The number of hydrogen-bond acceptors (Lipinski definition) is 3. The fourth-order valence-electron chi connectivity index (χ4n) is 4.24. The molecule has 0 aromatic heterocycles. The first-order chi connectivity index (χ1) is 14.7. The molecular formula is C24H34N4O3. The molecule has 2 aliphatic heterocycles. The highest BCUT2D eigenvalue weighted by Crippen LogP contribution is 2.37. The van der Waals surface area contributed by atoms with Gasteiger partial charge in [0.05, 0.1) is 23.9 Å². The zero-order chi connectivity index (χ0) is 22.7. The smallest absolute Gasteiger partial charge is 0.322 e. The molecule has 0 aliphatic carbocycles. The molecule has 7 nitrogen and oxygen atoms in total. The van der Waals surface area contributed by atoms with Crippen LogP contribution in [0.25, 0.3) is 0 Å². The van der Waals surface area contributed by atoms with Gasteiger partial charge in [-0.05, 0) is 30.7 Å². The zero-order valence-electron chi connectivity index (χ0n) is 19.1. The van der Waals surface area contributed by atoms with E-state index in [-0.39, 0.29) is 30.3 Å². The molecule has 3 rings (SSSR count). The van der Waals surface area contributed by atoms with Gasteiger partial charge in [0.2, 0.25) is 5.91 Å². The fraction of sp³-hybridized carbons (Fsp3) is 0.542. The second-order valence-electron chi connectivity index (χ2n) is 9.12. The van der Waals surface area contributed by atoms with Gasteiger partial charge >= 0.3 is 6.03 Å². The van der Waals surface area contributed by atoms with Crippen molar-refractivity contribution < 1.29 is 14.4 Å². The van der Waals surface area contributed by atoms with Crippen molar-refractivity contribution in [2.45, 2.75) is 53.1 Å². The van der Waals surface area contributed by atoms with E-state index in [1.807, 2.05) is 65.0 Å². The van der Waals surface area contributed by atoms with Gasteiger partial charge in [-0.1, -0.05) is 58.0 Å². The minimum Gasteiger partial charge on any atom is -0.354 e. The van der Waals surface area contributed by atoms with Crippen LogP contribution in [-0.2, 0) is 9.59 Å². The van der Waals surface area contributed by atoms with Gasteiger partial charge in [0.1, 0.15) is 6.04 Å². The van der Waals surface area contributed by atoms with Crippen molar-refractivity contribution in [3.63, 3.8) is 0 Å². The predicted octanol–water partition coefficient (Wildman–Crippen LogP) is 3.06. The first-order valence-electron chi connectivity index (χ1n) is 11.2. The molecule has 2 heterocycles. The van der Waals surface area contributed by atoms with Crippen molar-refractivity contribution in [1.82, 2.24) is 20.4 Å². The van der Waals surface area contributed by atoms with Gasteiger partial charge < -0.3 is 15.5 Å². The standard InChI is InChI=1S/C24H34N4O3/c1-6-27-19-14-28(18(12-15(2)3)22(29)25-13-16(4)5)23(30)20(19)21(26-24(27)31)17-10-8-7-9-11-17/h7-11,15-16,18,21H,6,12-14H2,1-5H3,(H,25,29)(H,26,31). The molecule has 2 atom stereocenters. The lowest BCUT2D eigenvalue weighted by Crippen LogP contribution is -2.50. The molecule has 4 amide bonds. The SMILES string of the molecule is CCN1C(=O)NC(c2ccccc2)C2=C1CN(C(CC(C)C)C(=O)NCC(C)C)C2=O. The van der Waals surface area contributed by atoms with Gasteiger partial charge in [-0.25, -0.2) is 4.79 Å². The fourth-order valence-corrected chi connectivity index (χ4v) is 4.24. The van der Waals surface area contributed by atoms with Crippen LogP contribution < -0.4 is 10.6 Å². The largest absolute Gasteiger partial charge is 0.354 e. The molecule has 0 saturated heterocycles. The monoisotopic (exact) mass is 426 g/mol. The summed E-state index contributed by atoms with van der Waals surface area (Å²) in [6.07, 6.45) is 0.569. The lowest BCUT2D eigenvalue weighted by atomic mass is 9.95. The van der Waals surface area contributed by atoms with E-state index >= 15 is 0 Å². The minimum atomic E-state index is -0.568. The van der Waals surface area contributed by atoms with Crippen molar-refractivity contribution in [2.75, 3.05) is 19.6 Å². The molecule has 1 aromatic rings. The summed E-state index contributed by atoms with van der Waals surface area (Å²) < 4.78 is 0. The molecule has 1 aromatic carbocycles. The van der Waals surface area contributed by atoms with Gasteiger partial charge in [0.25, 0.3) is 5.91 Å². The maximum Gasteiger partial charge on any atom is 0.322 e. The van der Waals surface area contributed by atoms with Crippen molar-refractivity contribution in [3.8, 4) is 0 Å². The number of hydrogen-bond donors (Lipinski definition) is 2. The van der Waals surface area contributed by atoms with Crippen LogP contribution in [0, 0.1) is 11.8 Å². The van der Waals surface area contributed by atoms with E-state index in [0.717, 1.165) is 5.56 Å². The topological polar surface area (TPSA) is 81.8 Å². The summed E-state index contributed by atoms with van der Waals surface area (Å²) in [6.45, 7) is 11.4. The number of rotatable bonds is 8. The number of urea groups is 1. The summed E-state index contributed by atoms with van der Waals surface area (Å²) in [4.78, 5) is 42.8. The van der Waals surface area contributed by atoms with Gasteiger partial charge in [0.15, 0.2) is 0 Å². The van der Waals surface area contributed by atoms with Gasteiger partial charge in [-0.3, -0.25) is 14.5 Å². The lowest BCUT2D eigenvalue weighted by molar-refractivity contribution is -0.137. The highest BCUT2D eigenvalue weighted by Gasteiger charge is 2.46. The molecule has 2 N–H and O–H groups in total. The lowest BCUT2D eigenvalue weighted by Gasteiger charge is -2.32. The molecule has 0 fully saturated rings. The molecule has 0 bridgehead atoms. The average Bonchev–Trinajstić information content (AvgIpc) is 3.07. The molecule has 0 saturated carbocycles. The minimum absolute atomic E-state index is 0.130. The Bertz CT molecular complexity index is 863. The highest BCUT2D eigenvalue weighted by molar-refractivity contribution is 6.03. The second-order valence-corrected chi connectivity index (χ2v) is 9.12. The third kappa shape index (κ3) is 4.75. The van der Waals surface area contributed by atoms with Crippen molar-refractivity contribution in [1.29, 1.82) is 0 Å². The van der Waals surface area contributed by atoms with Crippen molar-refractivity contribution in [2.24, 2.45) is 11.8 Å². The zero-order valence-corrected chi connectivity index (χ0v) is 19.1. The molecule has 168 valence electrons. The Morgan fingerprint density at radius 2 is 1.81 bits per heavy atom. The molecule has 0 spiro atoms. The summed E-state index contributed by atoms with van der Waals surface area (Å²) >= 11 is 0. The van der Waals surface area contributed by atoms with Gasteiger partial charge in [-0.15, -0.1) is 0 Å². The Labute approximate surface area is 184 Å². The van der Waals surface area contributed by atoms with Crippen molar-refractivity contribution >= 4 is 17.8 Å². The summed E-state index contributed by atoms with van der Waals surface area (Å²) in [5.74, 6) is 0.262. The molecular weight excluding hydrogens is 392 g/mol. The van der Waals surface area contributed by atoms with E-state index in [1.54, 1.807) is 9.80 Å². The van der Waals surface area contributed by atoms with E-state index in [1.165, 1.54) is 0 Å². The summed E-state index contributed by atoms with van der Waals surface area (Å²) in [5.41, 5.74) is 2.13. The van der Waals surface area contributed by atoms with Crippen LogP contribution in [0.5, 0.6) is 0 Å². The van der Waals surface area contributed by atoms with Crippen LogP contribution in [0.2, 0.25) is 0 Å². The Hall–Kier alpha value is -2.83. The Balaban J connectivity index is 1.96. The number of nitrogens with zero attached hydrogens (tertiary/aromatic N) is 2. The molecule has 31 heavy (non-hydrogen) atoms. The van der Waals surface area contributed by atoms with E-state index in [9.17, 15) is 14.4 Å².